The summed E-state index contributed by atoms with van der Waals surface area (Å²) in [5, 5.41) is 5.55. The van der Waals surface area contributed by atoms with E-state index in [1.807, 2.05) is 30.3 Å². The van der Waals surface area contributed by atoms with Gasteiger partial charge in [-0.2, -0.15) is 0 Å². The van der Waals surface area contributed by atoms with Crippen LogP contribution in [0, 0.1) is 5.82 Å². The van der Waals surface area contributed by atoms with E-state index in [4.69, 9.17) is 16.6 Å². The van der Waals surface area contributed by atoms with Gasteiger partial charge in [-0.05, 0) is 23.8 Å². The molecule has 0 fully saturated rings. The molecular formula is C25H24AsClFN3OS. The first kappa shape index (κ1) is 23.7. The fraction of sp³-hybridized carbons (Fsp3) is 0.200. The molecule has 4 aromatic rings. The Morgan fingerprint density at radius 1 is 1.12 bits per heavy atom. The van der Waals surface area contributed by atoms with Gasteiger partial charge >= 0.3 is 139 Å². The van der Waals surface area contributed by atoms with Gasteiger partial charge in [0.05, 0.1) is 5.02 Å². The van der Waals surface area contributed by atoms with Crippen molar-refractivity contribution in [2.24, 2.45) is 0 Å². The van der Waals surface area contributed by atoms with Crippen LogP contribution in [0.25, 0.3) is 21.3 Å². The molecule has 1 aromatic heterocycles. The molecule has 8 heteroatoms. The van der Waals surface area contributed by atoms with Crippen molar-refractivity contribution in [3.05, 3.63) is 77.1 Å². The van der Waals surface area contributed by atoms with Crippen molar-refractivity contribution in [1.82, 2.24) is 4.98 Å². The van der Waals surface area contributed by atoms with Crippen LogP contribution in [0.4, 0.5) is 15.2 Å². The van der Waals surface area contributed by atoms with Crippen LogP contribution in [0.1, 0.15) is 10.4 Å². The number of carbonyl (C=O) groups is 1. The van der Waals surface area contributed by atoms with Crippen molar-refractivity contribution >= 4 is 64.5 Å². The topological polar surface area (TPSA) is 45.2 Å². The second kappa shape index (κ2) is 10.2. The molecule has 170 valence electrons. The van der Waals surface area contributed by atoms with E-state index in [9.17, 15) is 9.18 Å². The van der Waals surface area contributed by atoms with Crippen molar-refractivity contribution in [1.29, 1.82) is 0 Å². The first-order chi connectivity index (χ1) is 15.8. The zero-order valence-electron chi connectivity index (χ0n) is 18.6. The van der Waals surface area contributed by atoms with Crippen LogP contribution >= 0.6 is 22.9 Å². The van der Waals surface area contributed by atoms with Gasteiger partial charge in [0.25, 0.3) is 0 Å². The summed E-state index contributed by atoms with van der Waals surface area (Å²) in [4.78, 5) is 19.7. The first-order valence-corrected chi connectivity index (χ1v) is 16.7. The number of benzene rings is 3. The molecular weight excluding hydrogens is 520 g/mol. The monoisotopic (exact) mass is 543 g/mol. The maximum atomic E-state index is 13.3. The molecule has 4 rings (SSSR count). The van der Waals surface area contributed by atoms with E-state index in [1.165, 1.54) is 17.3 Å². The quantitative estimate of drug-likeness (QED) is 0.251. The van der Waals surface area contributed by atoms with Crippen molar-refractivity contribution in [3.63, 3.8) is 0 Å². The fourth-order valence-electron chi connectivity index (χ4n) is 3.33. The van der Waals surface area contributed by atoms with Gasteiger partial charge in [-0.1, -0.05) is 23.7 Å². The van der Waals surface area contributed by atoms with Crippen molar-refractivity contribution in [3.8, 4) is 11.1 Å². The first-order valence-electron chi connectivity index (χ1n) is 10.4. The van der Waals surface area contributed by atoms with Crippen LogP contribution < -0.4 is 10.2 Å². The molecule has 0 saturated heterocycles. The minimum atomic E-state index is -0.663. The summed E-state index contributed by atoms with van der Waals surface area (Å²) in [5.41, 5.74) is 8.45. The number of aromatic nitrogens is 1. The Labute approximate surface area is 206 Å². The number of nitrogens with one attached hydrogen (secondary N) is 1. The minimum absolute atomic E-state index is 0.199. The van der Waals surface area contributed by atoms with E-state index in [0.29, 0.717) is 10.6 Å². The van der Waals surface area contributed by atoms with Gasteiger partial charge < -0.3 is 0 Å². The van der Waals surface area contributed by atoms with Crippen LogP contribution in [-0.2, 0) is 0 Å². The molecule has 3 aromatic carbocycles. The van der Waals surface area contributed by atoms with Crippen molar-refractivity contribution in [2.45, 2.75) is 16.6 Å². The van der Waals surface area contributed by atoms with Crippen LogP contribution in [0.3, 0.4) is 0 Å². The summed E-state index contributed by atoms with van der Waals surface area (Å²) in [7, 11) is 2.08. The number of halogens is 2. The van der Waals surface area contributed by atoms with Crippen LogP contribution in [0.15, 0.2) is 60.7 Å². The number of nitrogens with zero attached hydrogens (tertiary/aromatic N) is 2. The SMILES string of the molecule is CN(CC[As](C)C)c1nc2ccc(NC(=O)c3ccc(-c4ccc(F)cc4Cl)cc3)cc2s1. The summed E-state index contributed by atoms with van der Waals surface area (Å²) in [6.07, 6.45) is 0. The predicted octanol–water partition coefficient (Wildman–Crippen LogP) is 7.20. The van der Waals surface area contributed by atoms with Crippen LogP contribution in [-0.4, -0.2) is 39.1 Å². The molecule has 1 amide bonds. The van der Waals surface area contributed by atoms with E-state index in [1.54, 1.807) is 29.5 Å². The van der Waals surface area contributed by atoms with Gasteiger partial charge in [0.1, 0.15) is 5.82 Å². The summed E-state index contributed by atoms with van der Waals surface area (Å²) in [6, 6.07) is 17.1. The van der Waals surface area contributed by atoms with E-state index >= 15 is 0 Å². The van der Waals surface area contributed by atoms with E-state index in [2.05, 4.69) is 28.7 Å². The second-order valence-electron chi connectivity index (χ2n) is 8.06. The normalized spacial score (nSPS) is 11.2. The third-order valence-corrected chi connectivity index (χ3v) is 8.97. The average molecular weight is 544 g/mol. The number of hydrogen-bond acceptors (Lipinski definition) is 4. The van der Waals surface area contributed by atoms with Gasteiger partial charge in [0, 0.05) is 5.56 Å². The number of hydrogen-bond donors (Lipinski definition) is 1. The zero-order chi connectivity index (χ0) is 23.5. The van der Waals surface area contributed by atoms with Crippen molar-refractivity contribution < 1.29 is 9.18 Å². The molecule has 4 nitrogen and oxygen atoms in total. The molecule has 33 heavy (non-hydrogen) atoms. The Kier molecular flexibility index (Phi) is 7.38. The van der Waals surface area contributed by atoms with Gasteiger partial charge in [-0.3, -0.25) is 0 Å². The Hall–Kier alpha value is -2.40. The van der Waals surface area contributed by atoms with Gasteiger partial charge in [-0.25, -0.2) is 4.39 Å². The van der Waals surface area contributed by atoms with E-state index in [-0.39, 0.29) is 11.7 Å². The van der Waals surface area contributed by atoms with Gasteiger partial charge in [-0.15, -0.1) is 0 Å². The third-order valence-electron chi connectivity index (χ3n) is 5.23. The Bertz CT molecular complexity index is 1290. The molecule has 0 radical (unpaired) electrons. The molecule has 1 N–H and O–H groups in total. The van der Waals surface area contributed by atoms with Gasteiger partial charge in [0.2, 0.25) is 0 Å². The van der Waals surface area contributed by atoms with E-state index < -0.39 is 14.7 Å². The number of carbonyl (C=O) groups excluding carboxylic acids is 1. The molecule has 0 aliphatic heterocycles. The molecule has 1 heterocycles. The maximum absolute atomic E-state index is 13.3. The van der Waals surface area contributed by atoms with Crippen molar-refractivity contribution in [2.75, 3.05) is 23.8 Å². The molecule has 0 aliphatic carbocycles. The Morgan fingerprint density at radius 3 is 2.58 bits per heavy atom. The number of amides is 1. The zero-order valence-corrected chi connectivity index (χ0v) is 22.1. The summed E-state index contributed by atoms with van der Waals surface area (Å²) >= 11 is 7.12. The number of anilines is 2. The van der Waals surface area contributed by atoms with Crippen LogP contribution in [0.5, 0.6) is 0 Å². The number of fused-ring (bicyclic) bond motifs is 1. The molecule has 0 aliphatic rings. The summed E-state index contributed by atoms with van der Waals surface area (Å²) < 4.78 is 14.3. The van der Waals surface area contributed by atoms with E-state index in [0.717, 1.165) is 38.7 Å². The summed E-state index contributed by atoms with van der Waals surface area (Å²) in [6.45, 7) is 1.02. The molecule has 0 unspecified atom stereocenters. The average Bonchev–Trinajstić information content (AvgIpc) is 3.21. The molecule has 0 saturated carbocycles. The third kappa shape index (κ3) is 5.75. The second-order valence-corrected chi connectivity index (χ2v) is 14.9. The predicted molar refractivity (Wildman–Crippen MR) is 140 cm³/mol. The summed E-state index contributed by atoms with van der Waals surface area (Å²) in [5.74, 6) is -0.580. The number of rotatable bonds is 7. The fourth-order valence-corrected chi connectivity index (χ4v) is 6.06. The standard InChI is InChI=1S/C25H24AsClFN3OS/c1-26(2)12-13-31(3)25-30-22-11-9-19(15-23(22)33-25)29-24(32)17-6-4-16(5-7-17)20-10-8-18(28)14-21(20)27/h4-11,14-15H,12-13H2,1-3H3,(H,29,32). The Balaban J connectivity index is 1.47. The number of thiazole rings is 1. The molecule has 0 atom stereocenters. The molecule has 0 bridgehead atoms. The van der Waals surface area contributed by atoms with Gasteiger partial charge in [0.15, 0.2) is 0 Å². The van der Waals surface area contributed by atoms with Crippen LogP contribution in [0.2, 0.25) is 21.7 Å². The Morgan fingerprint density at radius 2 is 1.88 bits per heavy atom. The molecule has 0 spiro atoms.